The van der Waals surface area contributed by atoms with Gasteiger partial charge in [-0.2, -0.15) is 0 Å². The summed E-state index contributed by atoms with van der Waals surface area (Å²) in [7, 11) is 0. The van der Waals surface area contributed by atoms with Gasteiger partial charge in [-0.3, -0.25) is 9.59 Å². The minimum absolute atomic E-state index is 0.0249. The number of benzene rings is 2. The third kappa shape index (κ3) is 6.18. The number of likely N-dealkylation sites (tertiary alicyclic amines) is 1. The van der Waals surface area contributed by atoms with E-state index in [-0.39, 0.29) is 17.2 Å². The van der Waals surface area contributed by atoms with Gasteiger partial charge >= 0.3 is 0 Å². The number of pyridine rings is 1. The zero-order valence-corrected chi connectivity index (χ0v) is 21.1. The Morgan fingerprint density at radius 2 is 1.80 bits per heavy atom. The lowest BCUT2D eigenvalue weighted by atomic mass is 9.92. The number of hydrogen-bond acceptors (Lipinski definition) is 4. The average Bonchev–Trinajstić information content (AvgIpc) is 3.36. The van der Waals surface area contributed by atoms with Gasteiger partial charge in [0.2, 0.25) is 5.91 Å². The van der Waals surface area contributed by atoms with E-state index < -0.39 is 0 Å². The summed E-state index contributed by atoms with van der Waals surface area (Å²) >= 11 is 0. The number of nitrogens with one attached hydrogen (secondary N) is 1. The lowest BCUT2D eigenvalue weighted by molar-refractivity contribution is -0.121. The fourth-order valence-corrected chi connectivity index (χ4v) is 4.53. The Morgan fingerprint density at radius 3 is 2.54 bits per heavy atom. The van der Waals surface area contributed by atoms with Crippen molar-refractivity contribution in [3.05, 3.63) is 59.7 Å². The number of rotatable bonds is 7. The highest BCUT2D eigenvalue weighted by Crippen LogP contribution is 2.30. The molecule has 6 nitrogen and oxygen atoms in total. The summed E-state index contributed by atoms with van der Waals surface area (Å²) in [5.74, 6) is 0.570. The maximum absolute atomic E-state index is 13.1. The van der Waals surface area contributed by atoms with E-state index in [9.17, 15) is 9.59 Å². The fraction of sp³-hybridized carbons (Fsp3) is 0.414. The van der Waals surface area contributed by atoms with Crippen molar-refractivity contribution in [2.75, 3.05) is 25.4 Å². The second kappa shape index (κ2) is 10.5. The van der Waals surface area contributed by atoms with Crippen molar-refractivity contribution in [1.82, 2.24) is 15.2 Å². The summed E-state index contributed by atoms with van der Waals surface area (Å²) in [4.78, 5) is 32.0. The highest BCUT2D eigenvalue weighted by atomic mass is 16.2. The Bertz CT molecular complexity index is 1220. The fourth-order valence-electron chi connectivity index (χ4n) is 4.53. The van der Waals surface area contributed by atoms with Crippen molar-refractivity contribution in [2.45, 2.75) is 52.9 Å². The molecule has 0 aliphatic carbocycles. The first kappa shape index (κ1) is 24.7. The number of anilines is 1. The monoisotopic (exact) mass is 472 g/mol. The van der Waals surface area contributed by atoms with Gasteiger partial charge in [-0.15, -0.1) is 0 Å². The van der Waals surface area contributed by atoms with Gasteiger partial charge in [0, 0.05) is 37.0 Å². The predicted octanol–water partition coefficient (Wildman–Crippen LogP) is 5.21. The maximum Gasteiger partial charge on any atom is 0.254 e. The molecule has 0 atom stereocenters. The number of aryl methyl sites for hydroxylation is 1. The minimum atomic E-state index is 0.0249. The molecule has 0 radical (unpaired) electrons. The third-order valence-electron chi connectivity index (χ3n) is 6.61. The summed E-state index contributed by atoms with van der Waals surface area (Å²) in [6, 6.07) is 15.8. The van der Waals surface area contributed by atoms with Crippen molar-refractivity contribution in [3.8, 4) is 11.1 Å². The molecule has 1 fully saturated rings. The van der Waals surface area contributed by atoms with Crippen molar-refractivity contribution in [1.29, 1.82) is 0 Å². The van der Waals surface area contributed by atoms with E-state index >= 15 is 0 Å². The van der Waals surface area contributed by atoms with Crippen molar-refractivity contribution in [2.24, 2.45) is 5.41 Å². The van der Waals surface area contributed by atoms with Crippen LogP contribution in [0.25, 0.3) is 22.0 Å². The molecule has 2 aromatic carbocycles. The van der Waals surface area contributed by atoms with Gasteiger partial charge < -0.3 is 16.0 Å². The van der Waals surface area contributed by atoms with Gasteiger partial charge in [0.05, 0.1) is 5.52 Å². The van der Waals surface area contributed by atoms with Gasteiger partial charge in [-0.25, -0.2) is 4.98 Å². The summed E-state index contributed by atoms with van der Waals surface area (Å²) in [5.41, 5.74) is 10.7. The van der Waals surface area contributed by atoms with E-state index in [4.69, 9.17) is 5.73 Å². The van der Waals surface area contributed by atoms with Crippen LogP contribution < -0.4 is 11.1 Å². The van der Waals surface area contributed by atoms with Crippen LogP contribution >= 0.6 is 0 Å². The van der Waals surface area contributed by atoms with Crippen LogP contribution in [0.5, 0.6) is 0 Å². The number of amides is 2. The SMILES string of the molecule is CC(C)(C)CCNC(=O)CCc1cc2cc(-c3ccccc3C(=O)N3CCCC3)ccc2nc1N. The number of hydrogen-bond donors (Lipinski definition) is 2. The van der Waals surface area contributed by atoms with Crippen LogP contribution in [0.4, 0.5) is 5.82 Å². The van der Waals surface area contributed by atoms with Gasteiger partial charge in [0.15, 0.2) is 0 Å². The lowest BCUT2D eigenvalue weighted by Gasteiger charge is -2.18. The first-order valence-corrected chi connectivity index (χ1v) is 12.6. The molecule has 184 valence electrons. The van der Waals surface area contributed by atoms with Crippen molar-refractivity contribution >= 4 is 28.5 Å². The highest BCUT2D eigenvalue weighted by molar-refractivity contribution is 6.02. The number of carbonyl (C=O) groups excluding carboxylic acids is 2. The number of nitrogens with zero attached hydrogens (tertiary/aromatic N) is 2. The Balaban J connectivity index is 1.53. The van der Waals surface area contributed by atoms with E-state index in [0.29, 0.717) is 25.2 Å². The van der Waals surface area contributed by atoms with Gasteiger partial charge in [0.25, 0.3) is 5.91 Å². The average molecular weight is 473 g/mol. The van der Waals surface area contributed by atoms with Crippen LogP contribution in [-0.2, 0) is 11.2 Å². The Hall–Kier alpha value is -3.41. The first-order valence-electron chi connectivity index (χ1n) is 12.6. The smallest absolute Gasteiger partial charge is 0.254 e. The van der Waals surface area contributed by atoms with Crippen molar-refractivity contribution in [3.63, 3.8) is 0 Å². The molecule has 2 amide bonds. The van der Waals surface area contributed by atoms with Crippen LogP contribution in [0.2, 0.25) is 0 Å². The molecule has 0 bridgehead atoms. The van der Waals surface area contributed by atoms with Crippen LogP contribution in [-0.4, -0.2) is 41.3 Å². The number of fused-ring (bicyclic) bond motifs is 1. The maximum atomic E-state index is 13.1. The van der Waals surface area contributed by atoms with Crippen LogP contribution in [0, 0.1) is 5.41 Å². The van der Waals surface area contributed by atoms with Gasteiger partial charge in [0.1, 0.15) is 5.82 Å². The second-order valence-electron chi connectivity index (χ2n) is 10.6. The van der Waals surface area contributed by atoms with Crippen molar-refractivity contribution < 1.29 is 9.59 Å². The quantitative estimate of drug-likeness (QED) is 0.494. The molecule has 1 saturated heterocycles. The largest absolute Gasteiger partial charge is 0.383 e. The topological polar surface area (TPSA) is 88.3 Å². The van der Waals surface area contributed by atoms with Crippen LogP contribution in [0.15, 0.2) is 48.5 Å². The minimum Gasteiger partial charge on any atom is -0.383 e. The molecule has 0 spiro atoms. The molecule has 0 unspecified atom stereocenters. The van der Waals surface area contributed by atoms with Gasteiger partial charge in [-0.1, -0.05) is 45.0 Å². The predicted molar refractivity (Wildman–Crippen MR) is 142 cm³/mol. The molecule has 4 rings (SSSR count). The molecular weight excluding hydrogens is 436 g/mol. The van der Waals surface area contributed by atoms with Crippen LogP contribution in [0.1, 0.15) is 62.4 Å². The summed E-state index contributed by atoms with van der Waals surface area (Å²) in [6.45, 7) is 8.80. The zero-order valence-electron chi connectivity index (χ0n) is 21.1. The van der Waals surface area contributed by atoms with E-state index in [1.165, 1.54) is 0 Å². The second-order valence-corrected chi connectivity index (χ2v) is 10.6. The normalized spacial score (nSPS) is 13.9. The van der Waals surface area contributed by atoms with Crippen LogP contribution in [0.3, 0.4) is 0 Å². The number of aromatic nitrogens is 1. The first-order chi connectivity index (χ1) is 16.7. The molecular formula is C29H36N4O2. The lowest BCUT2D eigenvalue weighted by Crippen LogP contribution is -2.28. The van der Waals surface area contributed by atoms with E-state index in [1.807, 2.05) is 47.4 Å². The van der Waals surface area contributed by atoms with Gasteiger partial charge in [-0.05, 0) is 72.1 Å². The van der Waals surface area contributed by atoms with E-state index in [0.717, 1.165) is 65.5 Å². The highest BCUT2D eigenvalue weighted by Gasteiger charge is 2.22. The van der Waals surface area contributed by atoms with E-state index in [2.05, 4.69) is 37.1 Å². The number of nitrogen functional groups attached to an aromatic ring is 1. The summed E-state index contributed by atoms with van der Waals surface area (Å²) in [5, 5.41) is 3.95. The Morgan fingerprint density at radius 1 is 1.06 bits per heavy atom. The number of carbonyl (C=O) groups is 2. The molecule has 1 aliphatic heterocycles. The molecule has 1 aromatic heterocycles. The molecule has 3 N–H and O–H groups in total. The Labute approximate surface area is 207 Å². The van der Waals surface area contributed by atoms with E-state index in [1.54, 1.807) is 0 Å². The molecule has 2 heterocycles. The summed E-state index contributed by atoms with van der Waals surface area (Å²) < 4.78 is 0. The molecule has 3 aromatic rings. The summed E-state index contributed by atoms with van der Waals surface area (Å²) in [6.07, 6.45) is 3.96. The molecule has 1 aliphatic rings. The standard InChI is InChI=1S/C29H36N4O2/c1-29(2,3)14-15-31-26(34)13-11-21-19-22-18-20(10-12-25(22)32-27(21)30)23-8-4-5-9-24(23)28(35)33-16-6-7-17-33/h4-5,8-10,12,18-19H,6-7,11,13-17H2,1-3H3,(H2,30,32)(H,31,34). The molecule has 6 heteroatoms. The third-order valence-corrected chi connectivity index (χ3v) is 6.61. The molecule has 0 saturated carbocycles. The Kier molecular flexibility index (Phi) is 7.39. The number of nitrogens with two attached hydrogens (primary N) is 1. The zero-order chi connectivity index (χ0) is 25.0. The molecule has 35 heavy (non-hydrogen) atoms.